The van der Waals surface area contributed by atoms with Crippen molar-refractivity contribution in [2.24, 2.45) is 0 Å². The van der Waals surface area contributed by atoms with Crippen LogP contribution >= 0.6 is 0 Å². The maximum absolute atomic E-state index is 12.4. The van der Waals surface area contributed by atoms with Crippen molar-refractivity contribution in [2.75, 3.05) is 22.4 Å². The van der Waals surface area contributed by atoms with Gasteiger partial charge in [0.2, 0.25) is 15.9 Å². The number of sulfonamides is 1. The summed E-state index contributed by atoms with van der Waals surface area (Å²) in [6, 6.07) is 13.9. The van der Waals surface area contributed by atoms with Crippen LogP contribution in [0.5, 0.6) is 5.75 Å². The molecular formula is C19H24N2O4S. The van der Waals surface area contributed by atoms with Gasteiger partial charge in [-0.25, -0.2) is 8.42 Å². The molecule has 2 aromatic rings. The average Bonchev–Trinajstić information content (AvgIpc) is 2.54. The molecule has 0 aromatic heterocycles. The summed E-state index contributed by atoms with van der Waals surface area (Å²) < 4.78 is 31.0. The van der Waals surface area contributed by atoms with Crippen molar-refractivity contribution in [3.63, 3.8) is 0 Å². The lowest BCUT2D eigenvalue weighted by molar-refractivity contribution is -0.114. The number of para-hydroxylation sites is 1. The molecule has 0 atom stereocenters. The molecule has 0 radical (unpaired) electrons. The van der Waals surface area contributed by atoms with Gasteiger partial charge in [0.15, 0.2) is 0 Å². The Kier molecular flexibility index (Phi) is 6.26. The molecule has 1 amide bonds. The monoisotopic (exact) mass is 376 g/mol. The van der Waals surface area contributed by atoms with Gasteiger partial charge in [-0.05, 0) is 56.7 Å². The van der Waals surface area contributed by atoms with Gasteiger partial charge in [-0.1, -0.05) is 18.2 Å². The Morgan fingerprint density at radius 1 is 1.12 bits per heavy atom. The van der Waals surface area contributed by atoms with E-state index in [1.165, 1.54) is 0 Å². The van der Waals surface area contributed by atoms with E-state index in [4.69, 9.17) is 4.74 Å². The van der Waals surface area contributed by atoms with Crippen LogP contribution in [-0.4, -0.2) is 33.2 Å². The van der Waals surface area contributed by atoms with E-state index < -0.39 is 15.9 Å². The number of carbonyl (C=O) groups excluding carboxylic acids is 1. The first kappa shape index (κ1) is 19.8. The van der Waals surface area contributed by atoms with E-state index >= 15 is 0 Å². The zero-order valence-electron chi connectivity index (χ0n) is 15.4. The maximum atomic E-state index is 12.4. The average molecular weight is 376 g/mol. The number of benzene rings is 2. The van der Waals surface area contributed by atoms with Crippen LogP contribution in [0.3, 0.4) is 0 Å². The second-order valence-corrected chi connectivity index (χ2v) is 8.20. The molecule has 26 heavy (non-hydrogen) atoms. The summed E-state index contributed by atoms with van der Waals surface area (Å²) in [7, 11) is -3.62. The van der Waals surface area contributed by atoms with Crippen LogP contribution in [-0.2, 0) is 14.8 Å². The molecule has 0 bridgehead atoms. The first-order chi connectivity index (χ1) is 12.2. The zero-order valence-corrected chi connectivity index (χ0v) is 16.2. The maximum Gasteiger partial charge on any atom is 0.245 e. The number of aryl methyl sites for hydroxylation is 1. The molecule has 2 rings (SSSR count). The molecule has 0 aliphatic rings. The van der Waals surface area contributed by atoms with Gasteiger partial charge in [0.1, 0.15) is 12.3 Å². The Balaban J connectivity index is 2.18. The molecule has 0 saturated heterocycles. The second kappa shape index (κ2) is 8.23. The fraction of sp³-hybridized carbons (Fsp3) is 0.316. The van der Waals surface area contributed by atoms with Crippen LogP contribution in [0.4, 0.5) is 11.4 Å². The lowest BCUT2D eigenvalue weighted by Crippen LogP contribution is -2.37. The summed E-state index contributed by atoms with van der Waals surface area (Å²) in [5, 5.41) is 2.75. The minimum atomic E-state index is -3.62. The Morgan fingerprint density at radius 3 is 2.27 bits per heavy atom. The fourth-order valence-electron chi connectivity index (χ4n) is 2.40. The minimum Gasteiger partial charge on any atom is -0.491 e. The highest BCUT2D eigenvalue weighted by Crippen LogP contribution is 2.22. The van der Waals surface area contributed by atoms with Crippen LogP contribution in [0.1, 0.15) is 19.4 Å². The fourth-order valence-corrected chi connectivity index (χ4v) is 3.25. The highest BCUT2D eigenvalue weighted by atomic mass is 32.2. The van der Waals surface area contributed by atoms with Gasteiger partial charge in [0.25, 0.3) is 0 Å². The first-order valence-electron chi connectivity index (χ1n) is 8.26. The summed E-state index contributed by atoms with van der Waals surface area (Å²) >= 11 is 0. The number of ether oxygens (including phenoxy) is 1. The molecule has 2 aromatic carbocycles. The van der Waals surface area contributed by atoms with Crippen LogP contribution in [0.2, 0.25) is 0 Å². The molecule has 0 saturated carbocycles. The lowest BCUT2D eigenvalue weighted by atomic mass is 10.2. The third-order valence-electron chi connectivity index (χ3n) is 3.60. The molecule has 140 valence electrons. The van der Waals surface area contributed by atoms with E-state index in [-0.39, 0.29) is 12.6 Å². The van der Waals surface area contributed by atoms with Crippen LogP contribution < -0.4 is 14.4 Å². The predicted molar refractivity (Wildman–Crippen MR) is 104 cm³/mol. The number of amides is 1. The van der Waals surface area contributed by atoms with Crippen molar-refractivity contribution < 1.29 is 17.9 Å². The molecule has 0 aliphatic carbocycles. The van der Waals surface area contributed by atoms with Gasteiger partial charge in [-0.2, -0.15) is 0 Å². The second-order valence-electron chi connectivity index (χ2n) is 6.29. The number of nitrogens with one attached hydrogen (secondary N) is 1. The van der Waals surface area contributed by atoms with Crippen LogP contribution in [0.15, 0.2) is 48.5 Å². The summed E-state index contributed by atoms with van der Waals surface area (Å²) in [4.78, 5) is 12.4. The number of hydrogen-bond donors (Lipinski definition) is 1. The summed E-state index contributed by atoms with van der Waals surface area (Å²) in [6.45, 7) is 5.38. The third-order valence-corrected chi connectivity index (χ3v) is 4.74. The van der Waals surface area contributed by atoms with E-state index in [2.05, 4.69) is 5.32 Å². The number of hydrogen-bond acceptors (Lipinski definition) is 4. The van der Waals surface area contributed by atoms with Crippen LogP contribution in [0, 0.1) is 6.92 Å². The Morgan fingerprint density at radius 2 is 1.73 bits per heavy atom. The van der Waals surface area contributed by atoms with Crippen molar-refractivity contribution in [3.8, 4) is 5.75 Å². The largest absolute Gasteiger partial charge is 0.491 e. The number of nitrogens with zero attached hydrogens (tertiary/aromatic N) is 1. The van der Waals surface area contributed by atoms with Gasteiger partial charge in [0, 0.05) is 5.69 Å². The van der Waals surface area contributed by atoms with Crippen LogP contribution in [0.25, 0.3) is 0 Å². The summed E-state index contributed by atoms with van der Waals surface area (Å²) in [6.07, 6.45) is 1.10. The van der Waals surface area contributed by atoms with Gasteiger partial charge >= 0.3 is 0 Å². The first-order valence-corrected chi connectivity index (χ1v) is 10.1. The minimum absolute atomic E-state index is 0.0201. The summed E-state index contributed by atoms with van der Waals surface area (Å²) in [5.74, 6) is 0.230. The zero-order chi connectivity index (χ0) is 19.3. The molecule has 0 aliphatic heterocycles. The molecule has 0 unspecified atom stereocenters. The molecule has 6 nitrogen and oxygen atoms in total. The van der Waals surface area contributed by atoms with Gasteiger partial charge < -0.3 is 10.1 Å². The summed E-state index contributed by atoms with van der Waals surface area (Å²) in [5.41, 5.74) is 1.97. The van der Waals surface area contributed by atoms with Crippen molar-refractivity contribution in [1.29, 1.82) is 0 Å². The Labute approximate surface area is 154 Å². The van der Waals surface area contributed by atoms with Crippen molar-refractivity contribution in [3.05, 3.63) is 54.1 Å². The number of rotatable bonds is 7. The molecular weight excluding hydrogens is 352 g/mol. The van der Waals surface area contributed by atoms with E-state index in [1.54, 1.807) is 30.3 Å². The van der Waals surface area contributed by atoms with Crippen molar-refractivity contribution >= 4 is 27.3 Å². The van der Waals surface area contributed by atoms with E-state index in [9.17, 15) is 13.2 Å². The van der Waals surface area contributed by atoms with E-state index in [0.29, 0.717) is 17.1 Å². The SMILES string of the molecule is Cc1ccccc1NC(=O)CN(c1ccc(OC(C)C)cc1)S(C)(=O)=O. The van der Waals surface area contributed by atoms with Gasteiger partial charge in [-0.3, -0.25) is 9.10 Å². The van der Waals surface area contributed by atoms with E-state index in [0.717, 1.165) is 16.1 Å². The molecule has 0 heterocycles. The van der Waals surface area contributed by atoms with Crippen molar-refractivity contribution in [1.82, 2.24) is 0 Å². The Hall–Kier alpha value is -2.54. The molecule has 7 heteroatoms. The quantitative estimate of drug-likeness (QED) is 0.805. The smallest absolute Gasteiger partial charge is 0.245 e. The number of carbonyl (C=O) groups is 1. The number of anilines is 2. The van der Waals surface area contributed by atoms with E-state index in [1.807, 2.05) is 39.0 Å². The van der Waals surface area contributed by atoms with Gasteiger partial charge in [0.05, 0.1) is 18.0 Å². The Bertz CT molecular complexity index is 861. The third kappa shape index (κ3) is 5.49. The molecule has 1 N–H and O–H groups in total. The normalized spacial score (nSPS) is 11.3. The molecule has 0 spiro atoms. The highest BCUT2D eigenvalue weighted by molar-refractivity contribution is 7.92. The standard InChI is InChI=1S/C19H24N2O4S/c1-14(2)25-17-11-9-16(10-12-17)21(26(4,23)24)13-19(22)20-18-8-6-5-7-15(18)3/h5-12,14H,13H2,1-4H3,(H,20,22). The van der Waals surface area contributed by atoms with Crippen molar-refractivity contribution in [2.45, 2.75) is 26.9 Å². The topological polar surface area (TPSA) is 75.7 Å². The predicted octanol–water partition coefficient (Wildman–Crippen LogP) is 3.19. The van der Waals surface area contributed by atoms with Gasteiger partial charge in [-0.15, -0.1) is 0 Å². The lowest BCUT2D eigenvalue weighted by Gasteiger charge is -2.22. The molecule has 0 fully saturated rings. The highest BCUT2D eigenvalue weighted by Gasteiger charge is 2.21.